The number of phenolic OH excluding ortho intramolecular Hbond substituents is 1. The molecule has 9 N–H and O–H groups in total. The molecule has 5 saturated carbocycles. The Kier molecular flexibility index (Phi) is 15.6. The van der Waals surface area contributed by atoms with E-state index in [1.165, 1.54) is 16.7 Å². The topological polar surface area (TPSA) is 198 Å². The van der Waals surface area contributed by atoms with E-state index in [0.29, 0.717) is 64.0 Å². The molecule has 0 aromatic heterocycles. The molecule has 2 aromatic carbocycles. The summed E-state index contributed by atoms with van der Waals surface area (Å²) in [6.45, 7) is 16.7. The number of aliphatic hydroxyl groups excluding tert-OH is 3. The number of aliphatic hydroxyl groups is 4. The molecule has 10 rings (SSSR count). The summed E-state index contributed by atoms with van der Waals surface area (Å²) in [6.07, 6.45) is 13.7. The number of anilines is 1. The van der Waals surface area contributed by atoms with Crippen LogP contribution in [0.4, 0.5) is 5.69 Å². The van der Waals surface area contributed by atoms with Crippen molar-refractivity contribution < 1.29 is 39.9 Å². The Balaban J connectivity index is 1.04. The highest BCUT2D eigenvalue weighted by Crippen LogP contribution is 2.77. The minimum atomic E-state index is -0.942. The van der Waals surface area contributed by atoms with E-state index in [-0.39, 0.29) is 84.1 Å². The van der Waals surface area contributed by atoms with Crippen molar-refractivity contribution in [1.82, 2.24) is 10.6 Å². The van der Waals surface area contributed by atoms with Crippen LogP contribution in [0, 0.1) is 63.1 Å². The van der Waals surface area contributed by atoms with Crippen molar-refractivity contribution >= 4 is 17.3 Å². The van der Waals surface area contributed by atoms with E-state index in [2.05, 4.69) is 76.4 Å². The van der Waals surface area contributed by atoms with Crippen LogP contribution in [0.15, 0.2) is 47.5 Å². The zero-order chi connectivity index (χ0) is 54.3. The van der Waals surface area contributed by atoms with Crippen LogP contribution < -0.4 is 16.4 Å². The highest BCUT2D eigenvalue weighted by atomic mass is 16.6. The number of β-amino-alcohol motifs (C(OH)–C–C–N with tert-alkyl or cyclic N) is 1. The molecule has 7 fully saturated rings. The molecule has 2 saturated heterocycles. The molecular weight excluding hydrogens is 951 g/mol. The summed E-state index contributed by atoms with van der Waals surface area (Å²) < 4.78 is 6.81. The highest BCUT2D eigenvalue weighted by molar-refractivity contribution is 6.01. The first-order valence-corrected chi connectivity index (χ1v) is 30.3. The van der Waals surface area contributed by atoms with Gasteiger partial charge in [-0.15, -0.1) is 0 Å². The number of nitrogen functional groups attached to an aromatic ring is 1. The van der Waals surface area contributed by atoms with Crippen LogP contribution in [-0.4, -0.2) is 93.4 Å². The average molecular weight is 1050 g/mol. The summed E-state index contributed by atoms with van der Waals surface area (Å²) in [7, 11) is 1.89. The van der Waals surface area contributed by atoms with Gasteiger partial charge in [-0.2, -0.15) is 0 Å². The number of hydrogen-bond acceptors (Lipinski definition) is 11. The number of Topliss-reactive ketones (excluding diaryl/α,β-unsaturated/α-hetero) is 2. The summed E-state index contributed by atoms with van der Waals surface area (Å²) in [5.74, 6) is 1.20. The van der Waals surface area contributed by atoms with E-state index in [9.17, 15) is 25.5 Å². The fourth-order valence-corrected chi connectivity index (χ4v) is 19.8. The maximum absolute atomic E-state index is 15.7. The number of phenols is 1. The van der Waals surface area contributed by atoms with Gasteiger partial charge in [-0.3, -0.25) is 9.59 Å². The predicted octanol–water partition coefficient (Wildman–Crippen LogP) is 10.2. The zero-order valence-electron chi connectivity index (χ0n) is 47.7. The Bertz CT molecular complexity index is 2520. The van der Waals surface area contributed by atoms with Gasteiger partial charge in [-0.05, 0) is 221 Å². The summed E-state index contributed by atoms with van der Waals surface area (Å²) >= 11 is 0. The van der Waals surface area contributed by atoms with Gasteiger partial charge in [0.05, 0.1) is 17.3 Å². The van der Waals surface area contributed by atoms with Gasteiger partial charge in [0.25, 0.3) is 0 Å². The standard InChI is InChI=1S/C65H97N3O8/c1-38(2)23-40-25-43(29-45(66)27-40)47-15-12-16-50(47)64(7)59(76-64)53(72)31-48(42-14-11-13-39(24-42)36-70)56-51-17-18-55-62(5)32-49(44-26-41(35-67-8)28-46(71)30-44)58(74)61(4)20-10-9-19-60(3,75)37-68-52(57(61)62)33-65(55,21-22-69)63(51,6)34-54(56)73/h25-30,38-39,42,47-50,52-53,55,57,59,67-72,75H,9-24,31-37,66H2,1-8H3/t39-,42-,47+,48-,49-,50-,52-,53+,55+,57-,59+,60-,61+,62-,63-,64+,65-/m0/s1. The van der Waals surface area contributed by atoms with E-state index in [4.69, 9.17) is 10.5 Å². The molecule has 0 radical (unpaired) electrons. The van der Waals surface area contributed by atoms with Gasteiger partial charge in [0, 0.05) is 61.2 Å². The Morgan fingerprint density at radius 1 is 0.882 bits per heavy atom. The van der Waals surface area contributed by atoms with Crippen molar-refractivity contribution in [2.24, 2.45) is 63.1 Å². The van der Waals surface area contributed by atoms with E-state index in [0.717, 1.165) is 99.4 Å². The highest BCUT2D eigenvalue weighted by Gasteiger charge is 2.73. The van der Waals surface area contributed by atoms with Crippen LogP contribution in [0.2, 0.25) is 0 Å². The molecule has 8 aliphatic rings. The van der Waals surface area contributed by atoms with Gasteiger partial charge in [0.2, 0.25) is 0 Å². The van der Waals surface area contributed by atoms with Crippen LogP contribution in [-0.2, 0) is 27.3 Å². The molecule has 6 aliphatic carbocycles. The largest absolute Gasteiger partial charge is 0.508 e. The van der Waals surface area contributed by atoms with Crippen LogP contribution in [0.5, 0.6) is 5.75 Å². The van der Waals surface area contributed by atoms with Crippen molar-refractivity contribution in [2.45, 2.75) is 218 Å². The Labute approximate surface area is 455 Å². The zero-order valence-corrected chi connectivity index (χ0v) is 47.7. The number of fused-ring (bicyclic) bond motifs is 4. The number of rotatable bonds is 15. The molecule has 0 bridgehead atoms. The lowest BCUT2D eigenvalue weighted by Crippen LogP contribution is -2.71. The summed E-state index contributed by atoms with van der Waals surface area (Å²) in [4.78, 5) is 31.4. The lowest BCUT2D eigenvalue weighted by molar-refractivity contribution is -0.208. The Hall–Kier alpha value is -3.16. The number of benzene rings is 2. The minimum Gasteiger partial charge on any atom is -0.508 e. The molecule has 2 heterocycles. The third kappa shape index (κ3) is 9.69. The van der Waals surface area contributed by atoms with E-state index in [1.54, 1.807) is 6.07 Å². The van der Waals surface area contributed by atoms with Gasteiger partial charge in [0.15, 0.2) is 5.78 Å². The van der Waals surface area contributed by atoms with Crippen molar-refractivity contribution in [2.75, 3.05) is 32.5 Å². The predicted molar refractivity (Wildman–Crippen MR) is 299 cm³/mol. The fraction of sp³-hybridized carbons (Fsp3) is 0.754. The van der Waals surface area contributed by atoms with Crippen molar-refractivity contribution in [1.29, 1.82) is 0 Å². The Morgan fingerprint density at radius 2 is 1.63 bits per heavy atom. The van der Waals surface area contributed by atoms with Crippen LogP contribution in [0.3, 0.4) is 0 Å². The number of ether oxygens (including phenoxy) is 1. The van der Waals surface area contributed by atoms with Gasteiger partial charge >= 0.3 is 0 Å². The van der Waals surface area contributed by atoms with Crippen LogP contribution in [0.1, 0.15) is 198 Å². The molecule has 0 spiro atoms. The van der Waals surface area contributed by atoms with Gasteiger partial charge in [-0.1, -0.05) is 78.0 Å². The number of carbonyl (C=O) groups excluding carboxylic acids is 2. The number of allylic oxidation sites excluding steroid dienone is 2. The molecule has 11 heteroatoms. The number of hydrogen-bond donors (Lipinski definition) is 8. The number of carbonyl (C=O) groups is 2. The minimum absolute atomic E-state index is 0.0367. The number of nitrogens with two attached hydrogens (primary N) is 1. The first-order chi connectivity index (χ1) is 36.0. The molecule has 420 valence electrons. The van der Waals surface area contributed by atoms with Gasteiger partial charge < -0.3 is 46.6 Å². The van der Waals surface area contributed by atoms with Crippen molar-refractivity contribution in [3.63, 3.8) is 0 Å². The molecule has 17 atom stereocenters. The van der Waals surface area contributed by atoms with Crippen molar-refractivity contribution in [3.8, 4) is 5.75 Å². The van der Waals surface area contributed by atoms with Crippen molar-refractivity contribution in [3.05, 3.63) is 69.8 Å². The first kappa shape index (κ1) is 56.1. The second kappa shape index (κ2) is 21.1. The molecule has 11 nitrogen and oxygen atoms in total. The molecule has 0 unspecified atom stereocenters. The summed E-state index contributed by atoms with van der Waals surface area (Å²) in [5.41, 5.74) is 10.1. The number of aromatic hydroxyl groups is 1. The molecule has 76 heavy (non-hydrogen) atoms. The lowest BCUT2D eigenvalue weighted by Gasteiger charge is -2.72. The smallest absolute Gasteiger partial charge is 0.160 e. The molecular formula is C65H97N3O8. The SMILES string of the molecule is CNCc1cc(O)cc([C@@H]2C[C@@]3(C)[C@H]4CCC5=C([C@@H](C[C@@H](O)[C@H]6O[C@]6(C)[C@H]6CCC[C@@H]6c6cc(N)cc(CC(C)C)c6)[C@H]6CCC[C@H](CO)C6)C(=O)C[C@]5(C)[C@@]4(CCO)C[C@@H]4NC[C@@](C)(O)CCCC[C@@](C)(C2=O)[C@H]43)c1. The monoisotopic (exact) mass is 1050 g/mol. The number of nitrogens with one attached hydrogen (secondary N) is 2. The van der Waals surface area contributed by atoms with E-state index < -0.39 is 44.9 Å². The van der Waals surface area contributed by atoms with Crippen LogP contribution >= 0.6 is 0 Å². The summed E-state index contributed by atoms with van der Waals surface area (Å²) in [5, 5.41) is 65.3. The number of epoxide rings is 1. The quantitative estimate of drug-likeness (QED) is 0.0624. The maximum atomic E-state index is 15.7. The normalized spacial score (nSPS) is 41.4. The molecule has 2 aromatic rings. The van der Waals surface area contributed by atoms with Crippen LogP contribution in [0.25, 0.3) is 0 Å². The maximum Gasteiger partial charge on any atom is 0.160 e. The third-order valence-corrected chi connectivity index (χ3v) is 22.8. The molecule has 0 amide bonds. The summed E-state index contributed by atoms with van der Waals surface area (Å²) in [6, 6.07) is 12.1. The Morgan fingerprint density at radius 3 is 2.37 bits per heavy atom. The van der Waals surface area contributed by atoms with E-state index in [1.807, 2.05) is 20.0 Å². The second-order valence-electron chi connectivity index (χ2n) is 28.3. The average Bonchev–Trinajstić information content (AvgIpc) is 3.81. The molecule has 2 aliphatic heterocycles. The second-order valence-corrected chi connectivity index (χ2v) is 28.3. The number of ketones is 2. The van der Waals surface area contributed by atoms with E-state index >= 15 is 9.59 Å². The third-order valence-electron chi connectivity index (χ3n) is 22.8. The van der Waals surface area contributed by atoms with Gasteiger partial charge in [-0.25, -0.2) is 0 Å². The van der Waals surface area contributed by atoms with Gasteiger partial charge in [0.1, 0.15) is 17.6 Å². The first-order valence-electron chi connectivity index (χ1n) is 30.3. The lowest BCUT2D eigenvalue weighted by atomic mass is 9.33. The fourth-order valence-electron chi connectivity index (χ4n) is 19.8.